The minimum Gasteiger partial charge on any atom is -0.497 e. The molecule has 3 aromatic carbocycles. The molecule has 1 aromatic heterocycles. The Hall–Kier alpha value is -2.24. The zero-order valence-electron chi connectivity index (χ0n) is 12.5. The second-order valence-electron chi connectivity index (χ2n) is 5.54. The maximum atomic E-state index is 5.24. The fourth-order valence-corrected chi connectivity index (χ4v) is 4.50. The fourth-order valence-electron chi connectivity index (χ4n) is 3.09. The standard InChI is InChI=1S/C20H17OP/c1-21-16-11-9-14(10-12-16)13-15-5-4-8-19-20(15)17-6-2-3-7-18(17)22-19/h2-12,22H,13H2,1H3. The van der Waals surface area contributed by atoms with E-state index in [0.29, 0.717) is 0 Å². The summed E-state index contributed by atoms with van der Waals surface area (Å²) in [5.74, 6) is 0.911. The predicted molar refractivity (Wildman–Crippen MR) is 96.8 cm³/mol. The second kappa shape index (κ2) is 5.51. The average molecular weight is 304 g/mol. The first-order chi connectivity index (χ1) is 10.8. The van der Waals surface area contributed by atoms with Crippen LogP contribution in [0.3, 0.4) is 0 Å². The molecule has 0 radical (unpaired) electrons. The highest BCUT2D eigenvalue weighted by Gasteiger charge is 2.08. The van der Waals surface area contributed by atoms with E-state index in [9.17, 15) is 0 Å². The first-order valence-corrected chi connectivity index (χ1v) is 8.46. The van der Waals surface area contributed by atoms with E-state index in [1.54, 1.807) is 7.11 Å². The quantitative estimate of drug-likeness (QED) is 0.477. The van der Waals surface area contributed by atoms with E-state index in [4.69, 9.17) is 4.74 Å². The molecule has 0 amide bonds. The van der Waals surface area contributed by atoms with Gasteiger partial charge in [0.05, 0.1) is 7.11 Å². The van der Waals surface area contributed by atoms with Crippen LogP contribution in [0.2, 0.25) is 0 Å². The molecule has 0 fully saturated rings. The molecule has 0 bridgehead atoms. The molecule has 0 spiro atoms. The van der Waals surface area contributed by atoms with Gasteiger partial charge in [-0.1, -0.05) is 54.6 Å². The minimum absolute atomic E-state index is 0.786. The lowest BCUT2D eigenvalue weighted by Crippen LogP contribution is -1.90. The normalized spacial score (nSPS) is 11.5. The van der Waals surface area contributed by atoms with Gasteiger partial charge in [0.15, 0.2) is 0 Å². The number of hydrogen-bond donors (Lipinski definition) is 0. The van der Waals surface area contributed by atoms with Crippen LogP contribution in [-0.4, -0.2) is 7.11 Å². The molecule has 0 aliphatic rings. The summed E-state index contributed by atoms with van der Waals surface area (Å²) in [4.78, 5) is 0. The molecule has 0 saturated heterocycles. The Balaban J connectivity index is 1.83. The molecule has 108 valence electrons. The Morgan fingerprint density at radius 1 is 0.818 bits per heavy atom. The summed E-state index contributed by atoms with van der Waals surface area (Å²) in [6, 6.07) is 23.9. The van der Waals surface area contributed by atoms with Gasteiger partial charge in [-0.2, -0.15) is 0 Å². The molecule has 22 heavy (non-hydrogen) atoms. The highest BCUT2D eigenvalue weighted by Crippen LogP contribution is 2.39. The van der Waals surface area contributed by atoms with Crippen LogP contribution in [0.5, 0.6) is 5.75 Å². The van der Waals surface area contributed by atoms with Crippen LogP contribution in [0, 0.1) is 0 Å². The van der Waals surface area contributed by atoms with Crippen LogP contribution in [0.15, 0.2) is 66.7 Å². The Morgan fingerprint density at radius 2 is 1.59 bits per heavy atom. The van der Waals surface area contributed by atoms with E-state index in [1.165, 1.54) is 32.1 Å². The number of fused-ring (bicyclic) bond motifs is 3. The molecule has 0 aliphatic carbocycles. The first kappa shape index (κ1) is 13.4. The molecule has 0 aliphatic heterocycles. The largest absolute Gasteiger partial charge is 0.497 e. The summed E-state index contributed by atoms with van der Waals surface area (Å²) in [6.07, 6.45) is 0.964. The molecular formula is C20H17OP. The average Bonchev–Trinajstić information content (AvgIpc) is 2.95. The van der Waals surface area contributed by atoms with Gasteiger partial charge in [0.25, 0.3) is 0 Å². The molecule has 0 saturated carbocycles. The van der Waals surface area contributed by atoms with E-state index >= 15 is 0 Å². The Bertz CT molecular complexity index is 935. The summed E-state index contributed by atoms with van der Waals surface area (Å²) in [6.45, 7) is 0. The lowest BCUT2D eigenvalue weighted by Gasteiger charge is -2.06. The van der Waals surface area contributed by atoms with Crippen molar-refractivity contribution < 1.29 is 4.74 Å². The van der Waals surface area contributed by atoms with Gasteiger partial charge in [-0.25, -0.2) is 0 Å². The van der Waals surface area contributed by atoms with Crippen molar-refractivity contribution in [3.05, 3.63) is 77.9 Å². The topological polar surface area (TPSA) is 9.23 Å². The Kier molecular flexibility index (Phi) is 3.36. The van der Waals surface area contributed by atoms with Gasteiger partial charge in [0, 0.05) is 0 Å². The lowest BCUT2D eigenvalue weighted by atomic mass is 9.99. The summed E-state index contributed by atoms with van der Waals surface area (Å²) in [5.41, 5.74) is 2.74. The highest BCUT2D eigenvalue weighted by atomic mass is 31.0. The smallest absolute Gasteiger partial charge is 0.118 e. The fraction of sp³-hybridized carbons (Fsp3) is 0.100. The molecular weight excluding hydrogens is 287 g/mol. The van der Waals surface area contributed by atoms with Gasteiger partial charge in [0.1, 0.15) is 5.75 Å². The van der Waals surface area contributed by atoms with Gasteiger partial charge in [-0.15, -0.1) is 8.19 Å². The number of methoxy groups -OCH3 is 1. The molecule has 1 unspecified atom stereocenters. The van der Waals surface area contributed by atoms with Gasteiger partial charge in [-0.3, -0.25) is 0 Å². The molecule has 4 aromatic rings. The predicted octanol–water partition coefficient (Wildman–Crippen LogP) is 5.62. The van der Waals surface area contributed by atoms with E-state index in [2.05, 4.69) is 54.6 Å². The van der Waals surface area contributed by atoms with Crippen molar-refractivity contribution in [3.63, 3.8) is 0 Å². The van der Waals surface area contributed by atoms with Crippen LogP contribution < -0.4 is 4.74 Å². The van der Waals surface area contributed by atoms with Crippen molar-refractivity contribution in [2.24, 2.45) is 0 Å². The second-order valence-corrected chi connectivity index (χ2v) is 6.86. The van der Waals surface area contributed by atoms with Crippen molar-refractivity contribution in [1.82, 2.24) is 0 Å². The van der Waals surface area contributed by atoms with Crippen molar-refractivity contribution in [3.8, 4) is 5.75 Å². The third-order valence-electron chi connectivity index (χ3n) is 4.17. The molecule has 0 N–H and O–H groups in total. The third kappa shape index (κ3) is 2.28. The third-order valence-corrected chi connectivity index (χ3v) is 5.56. The maximum absolute atomic E-state index is 5.24. The SMILES string of the molecule is COc1ccc(Cc2cccc3[pH]c4ccccc4c23)cc1. The summed E-state index contributed by atoms with van der Waals surface area (Å²) in [5, 5.41) is 5.82. The Labute approximate surface area is 131 Å². The van der Waals surface area contributed by atoms with Crippen LogP contribution in [-0.2, 0) is 6.42 Å². The van der Waals surface area contributed by atoms with E-state index in [1.807, 2.05) is 12.1 Å². The van der Waals surface area contributed by atoms with Crippen LogP contribution in [0.25, 0.3) is 21.0 Å². The summed E-state index contributed by atoms with van der Waals surface area (Å²) < 4.78 is 5.24. The zero-order chi connectivity index (χ0) is 14.9. The van der Waals surface area contributed by atoms with Crippen molar-refractivity contribution >= 4 is 29.2 Å². The Morgan fingerprint density at radius 3 is 2.41 bits per heavy atom. The number of ether oxygens (including phenoxy) is 1. The monoisotopic (exact) mass is 304 g/mol. The van der Waals surface area contributed by atoms with Crippen molar-refractivity contribution in [2.45, 2.75) is 6.42 Å². The minimum atomic E-state index is 0.786. The van der Waals surface area contributed by atoms with E-state index in [0.717, 1.165) is 20.4 Å². The van der Waals surface area contributed by atoms with Gasteiger partial charge >= 0.3 is 0 Å². The van der Waals surface area contributed by atoms with E-state index in [-0.39, 0.29) is 0 Å². The summed E-state index contributed by atoms with van der Waals surface area (Å²) >= 11 is 0. The van der Waals surface area contributed by atoms with Gasteiger partial charge in [-0.05, 0) is 50.7 Å². The van der Waals surface area contributed by atoms with Gasteiger partial charge < -0.3 is 4.74 Å². The number of hydrogen-bond acceptors (Lipinski definition) is 1. The summed E-state index contributed by atoms with van der Waals surface area (Å²) in [7, 11) is 2.49. The maximum Gasteiger partial charge on any atom is 0.118 e. The molecule has 4 rings (SSSR count). The van der Waals surface area contributed by atoms with Crippen molar-refractivity contribution in [1.29, 1.82) is 0 Å². The number of benzene rings is 3. The molecule has 2 heteroatoms. The van der Waals surface area contributed by atoms with Crippen LogP contribution in [0.1, 0.15) is 11.1 Å². The zero-order valence-corrected chi connectivity index (χ0v) is 13.5. The first-order valence-electron chi connectivity index (χ1n) is 7.46. The van der Waals surface area contributed by atoms with Crippen LogP contribution >= 0.6 is 8.19 Å². The van der Waals surface area contributed by atoms with Crippen molar-refractivity contribution in [2.75, 3.05) is 7.11 Å². The highest BCUT2D eigenvalue weighted by molar-refractivity contribution is 7.43. The molecule has 1 heterocycles. The van der Waals surface area contributed by atoms with Gasteiger partial charge in [0.2, 0.25) is 0 Å². The molecule has 1 atom stereocenters. The van der Waals surface area contributed by atoms with E-state index < -0.39 is 0 Å². The number of rotatable bonds is 3. The van der Waals surface area contributed by atoms with Crippen LogP contribution in [0.4, 0.5) is 0 Å². The lowest BCUT2D eigenvalue weighted by molar-refractivity contribution is 0.414. The molecule has 1 nitrogen and oxygen atoms in total.